The fourth-order valence-corrected chi connectivity index (χ4v) is 3.22. The van der Waals surface area contributed by atoms with Crippen LogP contribution in [0.25, 0.3) is 0 Å². The maximum absolute atomic E-state index is 12.5. The fraction of sp³-hybridized carbons (Fsp3) is 0.316. The fourth-order valence-electron chi connectivity index (χ4n) is 3.22. The molecular weight excluding hydrogens is 304 g/mol. The number of carbonyl (C=O) groups is 1. The summed E-state index contributed by atoms with van der Waals surface area (Å²) in [7, 11) is 0. The number of hydrogen-bond acceptors (Lipinski definition) is 4. The molecule has 1 saturated heterocycles. The first-order valence-corrected chi connectivity index (χ1v) is 8.31. The van der Waals surface area contributed by atoms with Crippen molar-refractivity contribution < 1.29 is 14.3 Å². The number of hydrogen-bond donors (Lipinski definition) is 0. The van der Waals surface area contributed by atoms with Crippen LogP contribution in [0.5, 0.6) is 11.5 Å². The zero-order valence-electron chi connectivity index (χ0n) is 13.5. The van der Waals surface area contributed by atoms with Crippen LogP contribution in [0, 0.1) is 0 Å². The minimum absolute atomic E-state index is 0.102. The molecule has 0 unspecified atom stereocenters. The highest BCUT2D eigenvalue weighted by Crippen LogP contribution is 2.39. The van der Waals surface area contributed by atoms with Crippen molar-refractivity contribution >= 4 is 11.6 Å². The summed E-state index contributed by atoms with van der Waals surface area (Å²) in [5.41, 5.74) is 1.80. The van der Waals surface area contributed by atoms with Crippen molar-refractivity contribution in [2.24, 2.45) is 0 Å². The molecule has 2 aliphatic rings. The summed E-state index contributed by atoms with van der Waals surface area (Å²) in [6, 6.07) is 15.4. The summed E-state index contributed by atoms with van der Waals surface area (Å²) in [4.78, 5) is 16.7. The van der Waals surface area contributed by atoms with Gasteiger partial charge < -0.3 is 19.3 Å². The third-order valence-electron chi connectivity index (χ3n) is 4.47. The van der Waals surface area contributed by atoms with Gasteiger partial charge in [-0.2, -0.15) is 0 Å². The first-order valence-electron chi connectivity index (χ1n) is 8.31. The predicted molar refractivity (Wildman–Crippen MR) is 92.0 cm³/mol. The second kappa shape index (κ2) is 6.43. The number of para-hydroxylation sites is 1. The lowest BCUT2D eigenvalue weighted by molar-refractivity contribution is 0.0746. The number of benzene rings is 2. The molecule has 2 heterocycles. The van der Waals surface area contributed by atoms with Gasteiger partial charge in [-0.3, -0.25) is 4.79 Å². The zero-order chi connectivity index (χ0) is 16.4. The number of nitrogens with zero attached hydrogens (tertiary/aromatic N) is 2. The second-order valence-electron chi connectivity index (χ2n) is 5.95. The molecule has 0 bridgehead atoms. The van der Waals surface area contributed by atoms with E-state index < -0.39 is 0 Å². The number of piperazine rings is 1. The average Bonchev–Trinajstić information content (AvgIpc) is 2.68. The lowest BCUT2D eigenvalue weighted by atomic mass is 10.1. The van der Waals surface area contributed by atoms with Crippen molar-refractivity contribution in [2.75, 3.05) is 44.3 Å². The summed E-state index contributed by atoms with van der Waals surface area (Å²) in [6.07, 6.45) is 0. The Balaban J connectivity index is 1.46. The third kappa shape index (κ3) is 2.77. The molecule has 5 nitrogen and oxygen atoms in total. The van der Waals surface area contributed by atoms with E-state index in [1.807, 2.05) is 47.4 Å². The van der Waals surface area contributed by atoms with Crippen molar-refractivity contribution in [1.82, 2.24) is 4.90 Å². The van der Waals surface area contributed by atoms with Crippen LogP contribution in [0.1, 0.15) is 10.4 Å². The quantitative estimate of drug-likeness (QED) is 0.851. The van der Waals surface area contributed by atoms with Crippen LogP contribution in [-0.2, 0) is 0 Å². The zero-order valence-corrected chi connectivity index (χ0v) is 13.5. The molecule has 4 rings (SSSR count). The van der Waals surface area contributed by atoms with Gasteiger partial charge in [0.15, 0.2) is 11.5 Å². The molecule has 1 amide bonds. The van der Waals surface area contributed by atoms with Crippen molar-refractivity contribution in [3.8, 4) is 11.5 Å². The summed E-state index contributed by atoms with van der Waals surface area (Å²) in [6.45, 7) is 4.17. The van der Waals surface area contributed by atoms with E-state index in [0.717, 1.165) is 35.8 Å². The molecule has 5 heteroatoms. The van der Waals surface area contributed by atoms with Crippen LogP contribution >= 0.6 is 0 Å². The Morgan fingerprint density at radius 2 is 1.58 bits per heavy atom. The van der Waals surface area contributed by atoms with E-state index in [2.05, 4.69) is 11.0 Å². The largest absolute Gasteiger partial charge is 0.486 e. The lowest BCUT2D eigenvalue weighted by Gasteiger charge is -2.37. The van der Waals surface area contributed by atoms with Crippen molar-refractivity contribution in [1.29, 1.82) is 0 Å². The molecule has 2 aromatic carbocycles. The molecule has 1 fully saturated rings. The minimum atomic E-state index is 0.102. The standard InChI is InChI=1S/C19H20N2O3/c22-19(15-5-2-1-3-6-15)21-11-9-20(10-12-21)16-7-4-8-17-18(16)24-14-13-23-17/h1-8H,9-14H2. The molecule has 0 aliphatic carbocycles. The van der Waals surface area contributed by atoms with Crippen LogP contribution in [0.2, 0.25) is 0 Å². The molecular formula is C19H20N2O3. The third-order valence-corrected chi connectivity index (χ3v) is 4.47. The van der Waals surface area contributed by atoms with Crippen LogP contribution in [-0.4, -0.2) is 50.2 Å². The second-order valence-corrected chi connectivity index (χ2v) is 5.95. The molecule has 0 spiro atoms. The summed E-state index contributed by atoms with van der Waals surface area (Å²) < 4.78 is 11.5. The summed E-state index contributed by atoms with van der Waals surface area (Å²) in [5, 5.41) is 0. The van der Waals surface area contributed by atoms with E-state index in [0.29, 0.717) is 26.3 Å². The van der Waals surface area contributed by atoms with Gasteiger partial charge >= 0.3 is 0 Å². The Bertz CT molecular complexity index is 725. The van der Waals surface area contributed by atoms with E-state index in [9.17, 15) is 4.79 Å². The van der Waals surface area contributed by atoms with E-state index in [-0.39, 0.29) is 5.91 Å². The van der Waals surface area contributed by atoms with Gasteiger partial charge in [0.2, 0.25) is 0 Å². The van der Waals surface area contributed by atoms with Crippen LogP contribution < -0.4 is 14.4 Å². The molecule has 0 atom stereocenters. The molecule has 0 aromatic heterocycles. The highest BCUT2D eigenvalue weighted by molar-refractivity contribution is 5.94. The topological polar surface area (TPSA) is 42.0 Å². The molecule has 2 aromatic rings. The van der Waals surface area contributed by atoms with Gasteiger partial charge in [0.1, 0.15) is 13.2 Å². The van der Waals surface area contributed by atoms with Gasteiger partial charge in [0.25, 0.3) is 5.91 Å². The van der Waals surface area contributed by atoms with E-state index >= 15 is 0 Å². The Morgan fingerprint density at radius 3 is 2.38 bits per heavy atom. The van der Waals surface area contributed by atoms with Crippen molar-refractivity contribution in [3.63, 3.8) is 0 Å². The Hall–Kier alpha value is -2.69. The smallest absolute Gasteiger partial charge is 0.253 e. The van der Waals surface area contributed by atoms with Crippen LogP contribution in [0.3, 0.4) is 0 Å². The van der Waals surface area contributed by atoms with Crippen LogP contribution in [0.15, 0.2) is 48.5 Å². The molecule has 0 radical (unpaired) electrons. The van der Waals surface area contributed by atoms with Gasteiger partial charge in [0, 0.05) is 31.7 Å². The maximum Gasteiger partial charge on any atom is 0.253 e. The van der Waals surface area contributed by atoms with Crippen molar-refractivity contribution in [3.05, 3.63) is 54.1 Å². The monoisotopic (exact) mass is 324 g/mol. The minimum Gasteiger partial charge on any atom is -0.486 e. The van der Waals surface area contributed by atoms with Crippen LogP contribution in [0.4, 0.5) is 5.69 Å². The van der Waals surface area contributed by atoms with Gasteiger partial charge in [-0.25, -0.2) is 0 Å². The van der Waals surface area contributed by atoms with Gasteiger partial charge in [0.05, 0.1) is 5.69 Å². The number of anilines is 1. The SMILES string of the molecule is O=C(c1ccccc1)N1CCN(c2cccc3c2OCCO3)CC1. The molecule has 124 valence electrons. The lowest BCUT2D eigenvalue weighted by Crippen LogP contribution is -2.49. The Kier molecular flexibility index (Phi) is 3.99. The molecule has 2 aliphatic heterocycles. The average molecular weight is 324 g/mol. The first-order chi connectivity index (χ1) is 11.8. The molecule has 0 saturated carbocycles. The van der Waals surface area contributed by atoms with Crippen molar-refractivity contribution in [2.45, 2.75) is 0 Å². The van der Waals surface area contributed by atoms with Gasteiger partial charge in [-0.1, -0.05) is 24.3 Å². The molecule has 24 heavy (non-hydrogen) atoms. The van der Waals surface area contributed by atoms with Gasteiger partial charge in [-0.15, -0.1) is 0 Å². The van der Waals surface area contributed by atoms with E-state index in [1.54, 1.807) is 0 Å². The first kappa shape index (κ1) is 14.9. The Morgan fingerprint density at radius 1 is 0.833 bits per heavy atom. The summed E-state index contributed by atoms with van der Waals surface area (Å²) in [5.74, 6) is 1.73. The van der Waals surface area contributed by atoms with Gasteiger partial charge in [-0.05, 0) is 24.3 Å². The predicted octanol–water partition coefficient (Wildman–Crippen LogP) is 2.42. The normalized spacial score (nSPS) is 16.8. The van der Waals surface area contributed by atoms with E-state index in [4.69, 9.17) is 9.47 Å². The van der Waals surface area contributed by atoms with E-state index in [1.165, 1.54) is 0 Å². The number of ether oxygens (including phenoxy) is 2. The number of amides is 1. The summed E-state index contributed by atoms with van der Waals surface area (Å²) >= 11 is 0. The highest BCUT2D eigenvalue weighted by atomic mass is 16.6. The molecule has 0 N–H and O–H groups in total. The maximum atomic E-state index is 12.5. The number of fused-ring (bicyclic) bond motifs is 1. The number of rotatable bonds is 2. The highest BCUT2D eigenvalue weighted by Gasteiger charge is 2.25. The Labute approximate surface area is 141 Å². The number of carbonyl (C=O) groups excluding carboxylic acids is 1.